The van der Waals surface area contributed by atoms with Gasteiger partial charge in [0.25, 0.3) is 5.56 Å². The number of benzene rings is 1. The van der Waals surface area contributed by atoms with Crippen LogP contribution in [0.4, 0.5) is 0 Å². The fraction of sp³-hybridized carbons (Fsp3) is 0.125. The number of carbonyl (C=O) groups excluding carboxylic acids is 1. The zero-order valence-corrected chi connectivity index (χ0v) is 11.1. The van der Waals surface area contributed by atoms with Gasteiger partial charge in [0, 0.05) is 36.6 Å². The molecule has 0 aliphatic heterocycles. The molecule has 0 spiro atoms. The second-order valence-electron chi connectivity index (χ2n) is 4.82. The summed E-state index contributed by atoms with van der Waals surface area (Å²) in [6.07, 6.45) is 5.25. The number of ketones is 1. The Morgan fingerprint density at radius 3 is 2.65 bits per heavy atom. The van der Waals surface area contributed by atoms with Crippen molar-refractivity contribution in [2.45, 2.75) is 6.54 Å². The molecular weight excluding hydrogens is 252 g/mol. The fourth-order valence-corrected chi connectivity index (χ4v) is 2.27. The Hall–Kier alpha value is -2.62. The lowest BCUT2D eigenvalue weighted by atomic mass is 10.1. The number of aromatic nitrogens is 2. The van der Waals surface area contributed by atoms with Gasteiger partial charge in [-0.3, -0.25) is 9.59 Å². The summed E-state index contributed by atoms with van der Waals surface area (Å²) >= 11 is 0. The molecule has 0 aliphatic carbocycles. The molecule has 4 nitrogen and oxygen atoms in total. The van der Waals surface area contributed by atoms with Crippen molar-refractivity contribution < 1.29 is 4.79 Å². The van der Waals surface area contributed by atoms with Crippen LogP contribution in [-0.4, -0.2) is 14.9 Å². The van der Waals surface area contributed by atoms with Gasteiger partial charge in [0.15, 0.2) is 5.78 Å². The van der Waals surface area contributed by atoms with Gasteiger partial charge in [-0.15, -0.1) is 0 Å². The van der Waals surface area contributed by atoms with E-state index in [-0.39, 0.29) is 17.9 Å². The van der Waals surface area contributed by atoms with Crippen molar-refractivity contribution in [1.29, 1.82) is 0 Å². The van der Waals surface area contributed by atoms with Crippen LogP contribution in [0.3, 0.4) is 0 Å². The van der Waals surface area contributed by atoms with Crippen molar-refractivity contribution >= 4 is 16.6 Å². The smallest absolute Gasteiger partial charge is 0.258 e. The number of hydrogen-bond donors (Lipinski definition) is 0. The van der Waals surface area contributed by atoms with Gasteiger partial charge in [-0.05, 0) is 23.6 Å². The molecular formula is C16H14N2O2. The molecule has 0 amide bonds. The Morgan fingerprint density at radius 1 is 1.10 bits per heavy atom. The highest BCUT2D eigenvalue weighted by Crippen LogP contribution is 2.09. The van der Waals surface area contributed by atoms with Crippen LogP contribution in [0.2, 0.25) is 0 Å². The Kier molecular flexibility index (Phi) is 2.99. The third-order valence-electron chi connectivity index (χ3n) is 3.35. The predicted molar refractivity (Wildman–Crippen MR) is 78.0 cm³/mol. The topological polar surface area (TPSA) is 44.0 Å². The molecule has 0 bridgehead atoms. The molecule has 0 saturated heterocycles. The minimum atomic E-state index is -0.132. The minimum Gasteiger partial charge on any atom is -0.357 e. The number of pyridine rings is 1. The van der Waals surface area contributed by atoms with Gasteiger partial charge in [-0.25, -0.2) is 0 Å². The van der Waals surface area contributed by atoms with E-state index in [9.17, 15) is 9.59 Å². The summed E-state index contributed by atoms with van der Waals surface area (Å²) in [5.74, 6) is -0.0667. The maximum absolute atomic E-state index is 12.3. The van der Waals surface area contributed by atoms with Crippen molar-refractivity contribution in [3.8, 4) is 0 Å². The van der Waals surface area contributed by atoms with E-state index in [1.807, 2.05) is 42.1 Å². The molecule has 0 fully saturated rings. The maximum atomic E-state index is 12.3. The van der Waals surface area contributed by atoms with Crippen LogP contribution in [0.15, 0.2) is 59.8 Å². The van der Waals surface area contributed by atoms with Crippen LogP contribution in [0.1, 0.15) is 10.4 Å². The molecule has 100 valence electrons. The van der Waals surface area contributed by atoms with Crippen molar-refractivity contribution in [3.63, 3.8) is 0 Å². The van der Waals surface area contributed by atoms with Gasteiger partial charge in [-0.2, -0.15) is 0 Å². The number of aryl methyl sites for hydroxylation is 1. The predicted octanol–water partition coefficient (Wildman–Crippen LogP) is 2.22. The molecule has 0 N–H and O–H groups in total. The van der Waals surface area contributed by atoms with Crippen molar-refractivity contribution in [2.24, 2.45) is 7.05 Å². The van der Waals surface area contributed by atoms with E-state index < -0.39 is 0 Å². The van der Waals surface area contributed by atoms with E-state index in [0.717, 1.165) is 5.39 Å². The highest BCUT2D eigenvalue weighted by Gasteiger charge is 2.10. The van der Waals surface area contributed by atoms with E-state index in [4.69, 9.17) is 0 Å². The summed E-state index contributed by atoms with van der Waals surface area (Å²) in [5, 5.41) is 1.52. The number of nitrogens with zero attached hydrogens (tertiary/aromatic N) is 2. The molecule has 4 heteroatoms. The van der Waals surface area contributed by atoms with Crippen molar-refractivity contribution in [3.05, 3.63) is 70.9 Å². The molecule has 0 aliphatic rings. The molecule has 0 unspecified atom stereocenters. The number of hydrogen-bond acceptors (Lipinski definition) is 2. The summed E-state index contributed by atoms with van der Waals surface area (Å²) in [7, 11) is 1.86. The monoisotopic (exact) mass is 266 g/mol. The SMILES string of the molecule is Cn1ccc(C(=O)Cn2ccc3ccccc3c2=O)c1. The van der Waals surface area contributed by atoms with Gasteiger partial charge < -0.3 is 9.13 Å². The summed E-state index contributed by atoms with van der Waals surface area (Å²) in [5.41, 5.74) is 0.486. The molecule has 20 heavy (non-hydrogen) atoms. The van der Waals surface area contributed by atoms with Crippen LogP contribution in [0.5, 0.6) is 0 Å². The maximum Gasteiger partial charge on any atom is 0.258 e. The van der Waals surface area contributed by atoms with Crippen LogP contribution < -0.4 is 5.56 Å². The highest BCUT2D eigenvalue weighted by atomic mass is 16.1. The molecule has 0 saturated carbocycles. The van der Waals surface area contributed by atoms with Gasteiger partial charge in [-0.1, -0.05) is 18.2 Å². The lowest BCUT2D eigenvalue weighted by Crippen LogP contribution is -2.23. The third kappa shape index (κ3) is 2.16. The number of carbonyl (C=O) groups is 1. The molecule has 1 aromatic carbocycles. The molecule has 0 radical (unpaired) electrons. The number of Topliss-reactive ketones (excluding diaryl/α,β-unsaturated/α-hetero) is 1. The molecule has 2 heterocycles. The van der Waals surface area contributed by atoms with E-state index in [2.05, 4.69) is 0 Å². The lowest BCUT2D eigenvalue weighted by molar-refractivity contribution is 0.0971. The summed E-state index contributed by atoms with van der Waals surface area (Å²) < 4.78 is 3.27. The molecule has 3 aromatic rings. The van der Waals surface area contributed by atoms with E-state index in [1.165, 1.54) is 4.57 Å². The van der Waals surface area contributed by atoms with E-state index >= 15 is 0 Å². The van der Waals surface area contributed by atoms with Gasteiger partial charge in [0.2, 0.25) is 0 Å². The second-order valence-corrected chi connectivity index (χ2v) is 4.82. The Morgan fingerprint density at radius 2 is 1.90 bits per heavy atom. The first kappa shape index (κ1) is 12.4. The summed E-state index contributed by atoms with van der Waals surface area (Å²) in [4.78, 5) is 24.4. The zero-order valence-electron chi connectivity index (χ0n) is 11.1. The van der Waals surface area contributed by atoms with Gasteiger partial charge >= 0.3 is 0 Å². The summed E-state index contributed by atoms with van der Waals surface area (Å²) in [6.45, 7) is 0.0632. The van der Waals surface area contributed by atoms with Crippen molar-refractivity contribution in [2.75, 3.05) is 0 Å². The molecule has 0 atom stereocenters. The Bertz CT molecular complexity index is 843. The highest BCUT2D eigenvalue weighted by molar-refractivity contribution is 5.96. The normalized spacial score (nSPS) is 10.8. The van der Waals surface area contributed by atoms with Crippen molar-refractivity contribution in [1.82, 2.24) is 9.13 Å². The largest absolute Gasteiger partial charge is 0.357 e. The summed E-state index contributed by atoms with van der Waals surface area (Å²) in [6, 6.07) is 11.0. The van der Waals surface area contributed by atoms with Crippen LogP contribution >= 0.6 is 0 Å². The quantitative estimate of drug-likeness (QED) is 0.682. The average molecular weight is 266 g/mol. The molecule has 3 rings (SSSR count). The van der Waals surface area contributed by atoms with Crippen LogP contribution in [0.25, 0.3) is 10.8 Å². The number of rotatable bonds is 3. The first-order valence-corrected chi connectivity index (χ1v) is 6.38. The van der Waals surface area contributed by atoms with E-state index in [1.54, 1.807) is 24.5 Å². The van der Waals surface area contributed by atoms with Crippen LogP contribution in [-0.2, 0) is 13.6 Å². The molecule has 2 aromatic heterocycles. The Balaban J connectivity index is 1.97. The standard InChI is InChI=1S/C16H14N2O2/c1-17-8-6-13(10-17)15(19)11-18-9-7-12-4-2-3-5-14(12)16(18)20/h2-10H,11H2,1H3. The zero-order chi connectivity index (χ0) is 14.1. The average Bonchev–Trinajstić information content (AvgIpc) is 2.89. The first-order chi connectivity index (χ1) is 9.65. The minimum absolute atomic E-state index is 0.0632. The fourth-order valence-electron chi connectivity index (χ4n) is 2.27. The van der Waals surface area contributed by atoms with Gasteiger partial charge in [0.1, 0.15) is 0 Å². The Labute approximate surface area is 115 Å². The van der Waals surface area contributed by atoms with E-state index in [0.29, 0.717) is 10.9 Å². The van der Waals surface area contributed by atoms with Gasteiger partial charge in [0.05, 0.1) is 6.54 Å². The lowest BCUT2D eigenvalue weighted by Gasteiger charge is -2.05. The number of fused-ring (bicyclic) bond motifs is 1. The third-order valence-corrected chi connectivity index (χ3v) is 3.35. The van der Waals surface area contributed by atoms with Crippen LogP contribution in [0, 0.1) is 0 Å². The first-order valence-electron chi connectivity index (χ1n) is 6.38. The second kappa shape index (κ2) is 4.81.